The van der Waals surface area contributed by atoms with Crippen molar-refractivity contribution in [3.8, 4) is 0 Å². The summed E-state index contributed by atoms with van der Waals surface area (Å²) in [5, 5.41) is 2.85. The molecule has 144 valence electrons. The lowest BCUT2D eigenvalue weighted by molar-refractivity contribution is -0.117. The first-order valence-corrected chi connectivity index (χ1v) is 11.0. The monoisotopic (exact) mass is 379 g/mol. The number of nitrogens with one attached hydrogen (secondary N) is 1. The molecule has 0 aromatic heterocycles. The number of hydrogen-bond donors (Lipinski definition) is 1. The van der Waals surface area contributed by atoms with E-state index in [-0.39, 0.29) is 10.8 Å². The van der Waals surface area contributed by atoms with E-state index in [1.54, 1.807) is 24.3 Å². The Hall–Kier alpha value is -1.44. The molecule has 0 bridgehead atoms. The Morgan fingerprint density at radius 1 is 1.15 bits per heavy atom. The van der Waals surface area contributed by atoms with Crippen molar-refractivity contribution in [2.75, 3.05) is 32.0 Å². The maximum Gasteiger partial charge on any atom is 0.243 e. The Morgan fingerprint density at radius 2 is 1.85 bits per heavy atom. The maximum absolute atomic E-state index is 12.7. The number of carbonyl (C=O) groups excluding carboxylic acids is 1. The lowest BCUT2D eigenvalue weighted by atomic mass is 9.94. The minimum atomic E-state index is -3.47. The van der Waals surface area contributed by atoms with Crippen molar-refractivity contribution >= 4 is 21.6 Å². The highest BCUT2D eigenvalue weighted by Gasteiger charge is 2.27. The van der Waals surface area contributed by atoms with E-state index < -0.39 is 10.0 Å². The molecular formula is C19H29N3O3S. The van der Waals surface area contributed by atoms with Gasteiger partial charge in [-0.3, -0.25) is 9.69 Å². The quantitative estimate of drug-likeness (QED) is 0.825. The van der Waals surface area contributed by atoms with Crippen LogP contribution >= 0.6 is 0 Å². The zero-order chi connectivity index (χ0) is 18.6. The van der Waals surface area contributed by atoms with Crippen LogP contribution in [0.5, 0.6) is 0 Å². The second kappa shape index (κ2) is 8.50. The molecule has 1 amide bonds. The normalized spacial score (nSPS) is 19.8. The van der Waals surface area contributed by atoms with Crippen molar-refractivity contribution in [3.05, 3.63) is 24.3 Å². The van der Waals surface area contributed by atoms with E-state index in [0.29, 0.717) is 31.4 Å². The highest BCUT2D eigenvalue weighted by atomic mass is 32.2. The molecule has 2 aliphatic rings. The van der Waals surface area contributed by atoms with Gasteiger partial charge in [-0.2, -0.15) is 4.31 Å². The topological polar surface area (TPSA) is 69.7 Å². The van der Waals surface area contributed by atoms with Gasteiger partial charge in [0.2, 0.25) is 15.9 Å². The highest BCUT2D eigenvalue weighted by Crippen LogP contribution is 2.24. The molecule has 1 N–H and O–H groups in total. The molecule has 1 saturated carbocycles. The van der Waals surface area contributed by atoms with E-state index in [0.717, 1.165) is 25.7 Å². The summed E-state index contributed by atoms with van der Waals surface area (Å²) in [4.78, 5) is 14.7. The molecule has 1 heterocycles. The van der Waals surface area contributed by atoms with Crippen LogP contribution in [-0.4, -0.2) is 56.3 Å². The first-order chi connectivity index (χ1) is 12.5. The molecule has 1 aliphatic heterocycles. The highest BCUT2D eigenvalue weighted by molar-refractivity contribution is 7.89. The molecule has 1 aromatic rings. The van der Waals surface area contributed by atoms with Crippen LogP contribution in [-0.2, 0) is 14.8 Å². The van der Waals surface area contributed by atoms with Crippen LogP contribution in [0.1, 0.15) is 44.9 Å². The van der Waals surface area contributed by atoms with Crippen molar-refractivity contribution in [3.63, 3.8) is 0 Å². The summed E-state index contributed by atoms with van der Waals surface area (Å²) < 4.78 is 26.8. The number of carbonyl (C=O) groups is 1. The number of hydrogen-bond acceptors (Lipinski definition) is 4. The molecule has 1 aliphatic carbocycles. The first-order valence-electron chi connectivity index (χ1n) is 9.57. The lowest BCUT2D eigenvalue weighted by Gasteiger charge is -2.30. The molecule has 7 heteroatoms. The third-order valence-electron chi connectivity index (χ3n) is 5.41. The zero-order valence-electron chi connectivity index (χ0n) is 15.5. The van der Waals surface area contributed by atoms with Crippen LogP contribution in [0.2, 0.25) is 0 Å². The number of rotatable bonds is 6. The van der Waals surface area contributed by atoms with E-state index in [9.17, 15) is 13.2 Å². The molecule has 0 atom stereocenters. The Balaban J connectivity index is 1.62. The summed E-state index contributed by atoms with van der Waals surface area (Å²) in [6.45, 7) is 1.48. The van der Waals surface area contributed by atoms with E-state index in [2.05, 4.69) is 10.2 Å². The minimum absolute atomic E-state index is 0.103. The van der Waals surface area contributed by atoms with Gasteiger partial charge in [0, 0.05) is 24.8 Å². The average molecular weight is 380 g/mol. The van der Waals surface area contributed by atoms with Crippen molar-refractivity contribution in [2.45, 2.75) is 55.9 Å². The van der Waals surface area contributed by atoms with Gasteiger partial charge in [-0.15, -0.1) is 0 Å². The van der Waals surface area contributed by atoms with Gasteiger partial charge in [-0.05, 0) is 50.9 Å². The smallest absolute Gasteiger partial charge is 0.243 e. The third kappa shape index (κ3) is 4.64. The largest absolute Gasteiger partial charge is 0.325 e. The van der Waals surface area contributed by atoms with Crippen LogP contribution in [0.4, 0.5) is 5.69 Å². The van der Waals surface area contributed by atoms with Gasteiger partial charge in [0.25, 0.3) is 0 Å². The van der Waals surface area contributed by atoms with Crippen molar-refractivity contribution in [1.29, 1.82) is 0 Å². The fraction of sp³-hybridized carbons (Fsp3) is 0.632. The number of anilines is 1. The van der Waals surface area contributed by atoms with Gasteiger partial charge in [-0.1, -0.05) is 25.3 Å². The van der Waals surface area contributed by atoms with Crippen LogP contribution < -0.4 is 5.32 Å². The van der Waals surface area contributed by atoms with Gasteiger partial charge in [0.15, 0.2) is 0 Å². The Kier molecular flexibility index (Phi) is 6.32. The Morgan fingerprint density at radius 3 is 2.54 bits per heavy atom. The summed E-state index contributed by atoms with van der Waals surface area (Å²) in [7, 11) is -1.48. The fourth-order valence-electron chi connectivity index (χ4n) is 3.89. The van der Waals surface area contributed by atoms with Crippen molar-refractivity contribution in [2.24, 2.45) is 0 Å². The molecular weight excluding hydrogens is 350 g/mol. The van der Waals surface area contributed by atoms with Crippen LogP contribution in [0, 0.1) is 0 Å². The predicted octanol–water partition coefficient (Wildman–Crippen LogP) is 2.67. The average Bonchev–Trinajstić information content (AvgIpc) is 3.18. The summed E-state index contributed by atoms with van der Waals surface area (Å²) in [6, 6.07) is 7.05. The molecule has 26 heavy (non-hydrogen) atoms. The summed E-state index contributed by atoms with van der Waals surface area (Å²) in [5.74, 6) is -0.103. The Labute approximate surface area is 156 Å². The number of sulfonamides is 1. The first kappa shape index (κ1) is 19.3. The van der Waals surface area contributed by atoms with Gasteiger partial charge in [-0.25, -0.2) is 8.42 Å². The molecule has 3 rings (SSSR count). The van der Waals surface area contributed by atoms with E-state index in [1.807, 2.05) is 7.05 Å². The molecule has 1 saturated heterocycles. The van der Waals surface area contributed by atoms with Crippen LogP contribution in [0.25, 0.3) is 0 Å². The van der Waals surface area contributed by atoms with Crippen LogP contribution in [0.15, 0.2) is 29.2 Å². The van der Waals surface area contributed by atoms with E-state index in [1.165, 1.54) is 23.6 Å². The second-order valence-corrected chi connectivity index (χ2v) is 9.33. The molecule has 6 nitrogen and oxygen atoms in total. The molecule has 1 aromatic carbocycles. The van der Waals surface area contributed by atoms with Crippen LogP contribution in [0.3, 0.4) is 0 Å². The van der Waals surface area contributed by atoms with Gasteiger partial charge in [0.05, 0.1) is 11.4 Å². The summed E-state index contributed by atoms with van der Waals surface area (Å²) >= 11 is 0. The number of nitrogens with zero attached hydrogens (tertiary/aromatic N) is 2. The van der Waals surface area contributed by atoms with Gasteiger partial charge >= 0.3 is 0 Å². The standard InChI is InChI=1S/C19H29N3O3S/c1-21(17-9-3-2-4-10-17)15-19(23)20-16-8-7-11-18(14-16)26(24,25)22-12-5-6-13-22/h7-8,11,14,17H,2-6,9-10,12-13,15H2,1H3,(H,20,23). The summed E-state index contributed by atoms with van der Waals surface area (Å²) in [6.07, 6.45) is 7.85. The van der Waals surface area contributed by atoms with Crippen molar-refractivity contribution < 1.29 is 13.2 Å². The predicted molar refractivity (Wildman–Crippen MR) is 103 cm³/mol. The lowest BCUT2D eigenvalue weighted by Crippen LogP contribution is -2.39. The minimum Gasteiger partial charge on any atom is -0.325 e. The SMILES string of the molecule is CN(CC(=O)Nc1cccc(S(=O)(=O)N2CCCC2)c1)C1CCCCC1. The second-order valence-electron chi connectivity index (χ2n) is 7.39. The Bertz CT molecular complexity index is 723. The molecule has 0 radical (unpaired) electrons. The third-order valence-corrected chi connectivity index (χ3v) is 7.31. The summed E-state index contributed by atoms with van der Waals surface area (Å²) in [5.41, 5.74) is 0.535. The maximum atomic E-state index is 12.7. The number of benzene rings is 1. The molecule has 2 fully saturated rings. The number of amides is 1. The van der Waals surface area contributed by atoms with E-state index in [4.69, 9.17) is 0 Å². The fourth-order valence-corrected chi connectivity index (χ4v) is 5.45. The van der Waals surface area contributed by atoms with Gasteiger partial charge < -0.3 is 5.32 Å². The zero-order valence-corrected chi connectivity index (χ0v) is 16.3. The number of likely N-dealkylation sites (N-methyl/N-ethyl adjacent to an activating group) is 1. The van der Waals surface area contributed by atoms with E-state index >= 15 is 0 Å². The van der Waals surface area contributed by atoms with Gasteiger partial charge in [0.1, 0.15) is 0 Å². The molecule has 0 spiro atoms. The van der Waals surface area contributed by atoms with Crippen molar-refractivity contribution in [1.82, 2.24) is 9.21 Å². The molecule has 0 unspecified atom stereocenters.